The molecule has 2 N–H and O–H groups in total. The summed E-state index contributed by atoms with van der Waals surface area (Å²) >= 11 is 1.72. The number of aryl methyl sites for hydroxylation is 1. The van der Waals surface area contributed by atoms with Crippen LogP contribution in [0.15, 0.2) is 81.5 Å². The van der Waals surface area contributed by atoms with Gasteiger partial charge in [0.25, 0.3) is 0 Å². The highest BCUT2D eigenvalue weighted by atomic mass is 32.1. The Bertz CT molecular complexity index is 1600. The van der Waals surface area contributed by atoms with E-state index in [-0.39, 0.29) is 19.1 Å². The molecule has 0 amide bonds. The van der Waals surface area contributed by atoms with Gasteiger partial charge in [0.2, 0.25) is 0 Å². The van der Waals surface area contributed by atoms with Crippen LogP contribution < -0.4 is 9.47 Å². The minimum absolute atomic E-state index is 0.0527. The summed E-state index contributed by atoms with van der Waals surface area (Å²) in [5.74, 6) is 7.83. The van der Waals surface area contributed by atoms with Crippen molar-refractivity contribution in [2.45, 2.75) is 38.9 Å². The van der Waals surface area contributed by atoms with Gasteiger partial charge in [0.05, 0.1) is 18.2 Å². The number of hydrogen-bond donors (Lipinski definition) is 2. The van der Waals surface area contributed by atoms with Crippen molar-refractivity contribution in [3.63, 3.8) is 0 Å². The van der Waals surface area contributed by atoms with Crippen molar-refractivity contribution in [2.75, 3.05) is 19.8 Å². The van der Waals surface area contributed by atoms with Crippen LogP contribution in [-0.2, 0) is 6.61 Å². The molecule has 0 radical (unpaired) electrons. The number of aliphatic hydroxyl groups is 2. The van der Waals surface area contributed by atoms with Crippen LogP contribution in [0.1, 0.15) is 36.0 Å². The normalized spacial score (nSPS) is 13.9. The summed E-state index contributed by atoms with van der Waals surface area (Å²) in [6.45, 7) is 4.64. The maximum absolute atomic E-state index is 9.56. The molecule has 0 aliphatic carbocycles. The average molecular weight is 554 g/mol. The van der Waals surface area contributed by atoms with Crippen LogP contribution in [0.2, 0.25) is 0 Å². The molecule has 1 aliphatic heterocycles. The molecule has 2 heterocycles. The summed E-state index contributed by atoms with van der Waals surface area (Å²) < 4.78 is 13.0. The lowest BCUT2D eigenvalue weighted by Gasteiger charge is -2.13. The molecule has 7 nitrogen and oxygen atoms in total. The molecule has 0 saturated heterocycles. The summed E-state index contributed by atoms with van der Waals surface area (Å²) in [6, 6.07) is 20.5. The zero-order chi connectivity index (χ0) is 27.9. The fraction of sp³-hybridized carbons (Fsp3) is 0.281. The minimum atomic E-state index is -0.892. The first-order valence-corrected chi connectivity index (χ1v) is 14.0. The van der Waals surface area contributed by atoms with Crippen LogP contribution in [0.4, 0.5) is 0 Å². The third-order valence-corrected chi connectivity index (χ3v) is 7.69. The highest BCUT2D eigenvalue weighted by Gasteiger charge is 2.15. The molecule has 2 atom stereocenters. The Morgan fingerprint density at radius 1 is 1.00 bits per heavy atom. The van der Waals surface area contributed by atoms with Crippen molar-refractivity contribution < 1.29 is 19.7 Å². The molecule has 3 aromatic carbocycles. The summed E-state index contributed by atoms with van der Waals surface area (Å²) in [7, 11) is 0. The lowest BCUT2D eigenvalue weighted by Crippen LogP contribution is -2.21. The zero-order valence-electron chi connectivity index (χ0n) is 22.5. The predicted octanol–water partition coefficient (Wildman–Crippen LogP) is 6.51. The number of thiophene rings is 1. The molecule has 0 spiro atoms. The van der Waals surface area contributed by atoms with Gasteiger partial charge in [-0.05, 0) is 83.1 Å². The first-order chi connectivity index (χ1) is 19.5. The highest BCUT2D eigenvalue weighted by Crippen LogP contribution is 2.37. The van der Waals surface area contributed by atoms with Gasteiger partial charge in [0.15, 0.2) is 0 Å². The van der Waals surface area contributed by atoms with Crippen molar-refractivity contribution in [3.8, 4) is 34.5 Å². The summed E-state index contributed by atoms with van der Waals surface area (Å²) in [6.07, 6.45) is -0.170. The largest absolute Gasteiger partial charge is 0.491 e. The Morgan fingerprint density at radius 3 is 2.55 bits per heavy atom. The van der Waals surface area contributed by atoms with Crippen molar-refractivity contribution in [2.24, 2.45) is 15.4 Å². The Labute approximate surface area is 237 Å². The monoisotopic (exact) mass is 553 g/mol. The van der Waals surface area contributed by atoms with E-state index in [1.165, 1.54) is 15.6 Å². The van der Waals surface area contributed by atoms with Crippen LogP contribution in [0.5, 0.6) is 11.5 Å². The number of benzene rings is 3. The molecule has 204 valence electrons. The molecule has 1 aromatic heterocycles. The molecule has 4 aromatic rings. The second kappa shape index (κ2) is 12.9. The van der Waals surface area contributed by atoms with Gasteiger partial charge in [-0.3, -0.25) is 0 Å². The Balaban J connectivity index is 1.27. The third-order valence-electron chi connectivity index (χ3n) is 6.73. The second-order valence-electron chi connectivity index (χ2n) is 9.67. The van der Waals surface area contributed by atoms with E-state index in [2.05, 4.69) is 63.0 Å². The van der Waals surface area contributed by atoms with Crippen LogP contribution in [0.3, 0.4) is 0 Å². The lowest BCUT2D eigenvalue weighted by atomic mass is 9.94. The van der Waals surface area contributed by atoms with Crippen LogP contribution in [-0.4, -0.2) is 41.8 Å². The quantitative estimate of drug-likeness (QED) is 0.207. The summed E-state index contributed by atoms with van der Waals surface area (Å²) in [4.78, 5) is 0. The van der Waals surface area contributed by atoms with E-state index in [9.17, 15) is 5.11 Å². The number of rotatable bonds is 11. The first kappa shape index (κ1) is 27.5. The van der Waals surface area contributed by atoms with Gasteiger partial charge < -0.3 is 19.7 Å². The van der Waals surface area contributed by atoms with Gasteiger partial charge in [-0.25, -0.2) is 0 Å². The van der Waals surface area contributed by atoms with Crippen LogP contribution >= 0.6 is 11.3 Å². The lowest BCUT2D eigenvalue weighted by molar-refractivity contribution is 0.0536. The van der Waals surface area contributed by atoms with E-state index in [1.54, 1.807) is 11.3 Å². The maximum atomic E-state index is 9.56. The van der Waals surface area contributed by atoms with Crippen molar-refractivity contribution in [1.29, 1.82) is 0 Å². The molecular formula is C32H31N3O4S. The topological polar surface area (TPSA) is 96.0 Å². The average Bonchev–Trinajstić information content (AvgIpc) is 3.65. The van der Waals surface area contributed by atoms with Gasteiger partial charge in [0.1, 0.15) is 37.4 Å². The molecule has 0 saturated carbocycles. The predicted molar refractivity (Wildman–Crippen MR) is 159 cm³/mol. The highest BCUT2D eigenvalue weighted by molar-refractivity contribution is 7.17. The van der Waals surface area contributed by atoms with Gasteiger partial charge in [0, 0.05) is 22.1 Å². The smallest absolute Gasteiger partial charge is 0.119 e. The Morgan fingerprint density at radius 2 is 1.82 bits per heavy atom. The fourth-order valence-electron chi connectivity index (χ4n) is 4.62. The SMILES string of the molecule is CC#C[C@@H](CC1=NN=NC1)c1ccc(OCc2ccc3scc(-c4ccc(OCC(O)CO)cc4C)c3c2)cc1. The van der Waals surface area contributed by atoms with Gasteiger partial charge >= 0.3 is 0 Å². The molecule has 8 heteroatoms. The van der Waals surface area contributed by atoms with E-state index < -0.39 is 6.10 Å². The van der Waals surface area contributed by atoms with Crippen molar-refractivity contribution >= 4 is 27.1 Å². The molecule has 1 aliphatic rings. The van der Waals surface area contributed by atoms with Crippen molar-refractivity contribution in [1.82, 2.24) is 0 Å². The molecule has 40 heavy (non-hydrogen) atoms. The van der Waals surface area contributed by atoms with E-state index in [0.29, 0.717) is 18.9 Å². The number of nitrogens with zero attached hydrogens (tertiary/aromatic N) is 3. The first-order valence-electron chi connectivity index (χ1n) is 13.1. The number of ether oxygens (including phenoxy) is 2. The summed E-state index contributed by atoms with van der Waals surface area (Å²) in [5.41, 5.74) is 6.54. The Hall–Kier alpha value is -4.03. The van der Waals surface area contributed by atoms with Gasteiger partial charge in [-0.2, -0.15) is 5.11 Å². The number of fused-ring (bicyclic) bond motifs is 1. The third kappa shape index (κ3) is 6.57. The van der Waals surface area contributed by atoms with E-state index in [0.717, 1.165) is 40.1 Å². The molecular weight excluding hydrogens is 522 g/mol. The second-order valence-corrected chi connectivity index (χ2v) is 10.6. The van der Waals surface area contributed by atoms with Gasteiger partial charge in [-0.15, -0.1) is 22.4 Å². The zero-order valence-corrected chi connectivity index (χ0v) is 23.3. The van der Waals surface area contributed by atoms with E-state index >= 15 is 0 Å². The molecule has 1 unspecified atom stereocenters. The van der Waals surface area contributed by atoms with E-state index in [4.69, 9.17) is 14.6 Å². The van der Waals surface area contributed by atoms with Crippen molar-refractivity contribution in [3.05, 3.63) is 82.7 Å². The Kier molecular flexibility index (Phi) is 8.87. The van der Waals surface area contributed by atoms with Gasteiger partial charge in [-0.1, -0.05) is 30.2 Å². The fourth-order valence-corrected chi connectivity index (χ4v) is 5.56. The number of aliphatic hydroxyl groups excluding tert-OH is 2. The maximum Gasteiger partial charge on any atom is 0.119 e. The number of hydrogen-bond acceptors (Lipinski definition) is 8. The van der Waals surface area contributed by atoms with E-state index in [1.807, 2.05) is 44.2 Å². The molecule has 0 bridgehead atoms. The molecule has 0 fully saturated rings. The van der Waals surface area contributed by atoms with Crippen LogP contribution in [0.25, 0.3) is 21.2 Å². The molecule has 5 rings (SSSR count). The standard InChI is InChI=1S/C32H31N3O4S/c1-3-4-24(15-25-16-33-35-34-25)23-6-8-27(9-7-23)38-18-22-5-12-32-30(14-22)31(20-40-32)29-11-10-28(13-21(29)2)39-19-26(37)17-36/h5-14,20,24,26,36-37H,15-19H2,1-2H3/t24-,26?/m0/s1. The minimum Gasteiger partial charge on any atom is -0.491 e. The van der Waals surface area contributed by atoms with Crippen LogP contribution in [0, 0.1) is 18.8 Å². The summed E-state index contributed by atoms with van der Waals surface area (Å²) in [5, 5.41) is 33.7.